The zero-order valence-corrected chi connectivity index (χ0v) is 18.5. The molecule has 30 heavy (non-hydrogen) atoms. The number of carbonyl (C=O) groups excluding carboxylic acids is 4. The Morgan fingerprint density at radius 2 is 1.93 bits per heavy atom. The number of thiophene rings is 2. The summed E-state index contributed by atoms with van der Waals surface area (Å²) in [7, 11) is 0. The fourth-order valence-electron chi connectivity index (χ4n) is 2.38. The Labute approximate surface area is 182 Å². The predicted octanol–water partition coefficient (Wildman–Crippen LogP) is 3.24. The quantitative estimate of drug-likeness (QED) is 0.400. The van der Waals surface area contributed by atoms with Gasteiger partial charge < -0.3 is 20.1 Å². The number of ether oxygens (including phenoxy) is 2. The molecule has 0 spiro atoms. The van der Waals surface area contributed by atoms with Crippen LogP contribution in [0.1, 0.15) is 52.3 Å². The third-order valence-corrected chi connectivity index (χ3v) is 5.75. The topological polar surface area (TPSA) is 111 Å². The fourth-order valence-corrected chi connectivity index (χ4v) is 4.02. The highest BCUT2D eigenvalue weighted by molar-refractivity contribution is 7.16. The lowest BCUT2D eigenvalue weighted by atomic mass is 10.2. The van der Waals surface area contributed by atoms with E-state index in [2.05, 4.69) is 10.6 Å². The number of esters is 2. The minimum Gasteiger partial charge on any atom is -0.462 e. The fraction of sp³-hybridized carbons (Fsp3) is 0.400. The van der Waals surface area contributed by atoms with E-state index in [9.17, 15) is 19.2 Å². The largest absolute Gasteiger partial charge is 0.462 e. The summed E-state index contributed by atoms with van der Waals surface area (Å²) in [6.07, 6.45) is 1.18. The Morgan fingerprint density at radius 3 is 2.60 bits per heavy atom. The van der Waals surface area contributed by atoms with Crippen LogP contribution in [0.2, 0.25) is 0 Å². The summed E-state index contributed by atoms with van der Waals surface area (Å²) >= 11 is 2.71. The van der Waals surface area contributed by atoms with E-state index in [0.29, 0.717) is 35.5 Å². The molecular formula is C20H24N2O6S2. The molecule has 0 aliphatic rings. The van der Waals surface area contributed by atoms with Gasteiger partial charge in [0.1, 0.15) is 5.00 Å². The number of carbonyl (C=O) groups is 4. The van der Waals surface area contributed by atoms with Crippen molar-refractivity contribution < 1.29 is 28.7 Å². The summed E-state index contributed by atoms with van der Waals surface area (Å²) in [5.74, 6) is -1.78. The van der Waals surface area contributed by atoms with Gasteiger partial charge in [0, 0.05) is 28.8 Å². The second-order valence-corrected chi connectivity index (χ2v) is 8.03. The van der Waals surface area contributed by atoms with Crippen molar-refractivity contribution in [2.45, 2.75) is 33.1 Å². The van der Waals surface area contributed by atoms with Crippen molar-refractivity contribution in [3.8, 4) is 0 Å². The second kappa shape index (κ2) is 12.1. The van der Waals surface area contributed by atoms with Crippen molar-refractivity contribution in [1.29, 1.82) is 0 Å². The maximum Gasteiger partial charge on any atom is 0.341 e. The SMILES string of the molecule is CCOC(=O)c1cc(CC)sc1NC(=O)COC(=O)CCCNC(=O)c1ccsc1. The van der Waals surface area contributed by atoms with Crippen molar-refractivity contribution in [3.05, 3.63) is 38.9 Å². The van der Waals surface area contributed by atoms with Crippen LogP contribution >= 0.6 is 22.7 Å². The van der Waals surface area contributed by atoms with Crippen LogP contribution < -0.4 is 10.6 Å². The van der Waals surface area contributed by atoms with Gasteiger partial charge >= 0.3 is 11.9 Å². The van der Waals surface area contributed by atoms with Gasteiger partial charge in [-0.05, 0) is 37.3 Å². The molecule has 162 valence electrons. The third kappa shape index (κ3) is 7.27. The highest BCUT2D eigenvalue weighted by Gasteiger charge is 2.19. The Kier molecular flexibility index (Phi) is 9.49. The number of rotatable bonds is 11. The van der Waals surface area contributed by atoms with Gasteiger partial charge in [-0.25, -0.2) is 4.79 Å². The lowest BCUT2D eigenvalue weighted by molar-refractivity contribution is -0.147. The van der Waals surface area contributed by atoms with E-state index in [0.717, 1.165) is 4.88 Å². The summed E-state index contributed by atoms with van der Waals surface area (Å²) in [6, 6.07) is 3.41. The number of nitrogens with one attached hydrogen (secondary N) is 2. The average molecular weight is 453 g/mol. The molecule has 2 amide bonds. The summed E-state index contributed by atoms with van der Waals surface area (Å²) in [5, 5.41) is 9.25. The normalized spacial score (nSPS) is 10.3. The first kappa shape index (κ1) is 23.6. The number of hydrogen-bond donors (Lipinski definition) is 2. The van der Waals surface area contributed by atoms with Gasteiger partial charge in [-0.1, -0.05) is 6.92 Å². The molecular weight excluding hydrogens is 428 g/mol. The molecule has 0 bridgehead atoms. The van der Waals surface area contributed by atoms with Gasteiger partial charge in [-0.3, -0.25) is 14.4 Å². The molecule has 0 aromatic carbocycles. The van der Waals surface area contributed by atoms with Crippen LogP contribution in [0.4, 0.5) is 5.00 Å². The van der Waals surface area contributed by atoms with E-state index in [4.69, 9.17) is 9.47 Å². The Hall–Kier alpha value is -2.72. The van der Waals surface area contributed by atoms with Gasteiger partial charge in [0.05, 0.1) is 12.2 Å². The van der Waals surface area contributed by atoms with Gasteiger partial charge in [-0.2, -0.15) is 11.3 Å². The Morgan fingerprint density at radius 1 is 1.13 bits per heavy atom. The van der Waals surface area contributed by atoms with Crippen molar-refractivity contribution >= 4 is 51.4 Å². The number of hydrogen-bond acceptors (Lipinski definition) is 8. The molecule has 0 atom stereocenters. The molecule has 2 N–H and O–H groups in total. The van der Waals surface area contributed by atoms with Crippen molar-refractivity contribution in [3.63, 3.8) is 0 Å². The molecule has 0 fully saturated rings. The summed E-state index contributed by atoms with van der Waals surface area (Å²) in [4.78, 5) is 48.6. The minimum atomic E-state index is -0.541. The minimum absolute atomic E-state index is 0.0737. The van der Waals surface area contributed by atoms with Gasteiger partial charge in [0.25, 0.3) is 11.8 Å². The first-order chi connectivity index (χ1) is 14.4. The molecule has 0 saturated heterocycles. The van der Waals surface area contributed by atoms with Crippen molar-refractivity contribution in [2.24, 2.45) is 0 Å². The molecule has 0 aliphatic carbocycles. The summed E-state index contributed by atoms with van der Waals surface area (Å²) in [6.45, 7) is 3.75. The second-order valence-electron chi connectivity index (χ2n) is 6.11. The summed E-state index contributed by atoms with van der Waals surface area (Å²) < 4.78 is 9.97. The van der Waals surface area contributed by atoms with Crippen LogP contribution in [0.15, 0.2) is 22.9 Å². The Balaban J connectivity index is 1.72. The molecule has 0 aliphatic heterocycles. The van der Waals surface area contributed by atoms with Crippen LogP contribution in [-0.4, -0.2) is 43.5 Å². The molecule has 10 heteroatoms. The zero-order valence-electron chi connectivity index (χ0n) is 16.8. The lowest BCUT2D eigenvalue weighted by Crippen LogP contribution is -2.25. The predicted molar refractivity (Wildman–Crippen MR) is 115 cm³/mol. The monoisotopic (exact) mass is 452 g/mol. The van der Waals surface area contributed by atoms with Crippen LogP contribution in [0.5, 0.6) is 0 Å². The first-order valence-electron chi connectivity index (χ1n) is 9.50. The standard InChI is InChI=1S/C20H24N2O6S2/c1-3-14-10-15(20(26)27-4-2)19(30-14)22-16(23)11-28-17(24)6-5-8-21-18(25)13-7-9-29-12-13/h7,9-10,12H,3-6,8,11H2,1-2H3,(H,21,25)(H,22,23). The van der Waals surface area contributed by atoms with Crippen LogP contribution in [0.25, 0.3) is 0 Å². The van der Waals surface area contributed by atoms with E-state index < -0.39 is 24.5 Å². The van der Waals surface area contributed by atoms with Gasteiger partial charge in [0.2, 0.25) is 0 Å². The van der Waals surface area contributed by atoms with Crippen molar-refractivity contribution in [1.82, 2.24) is 5.32 Å². The van der Waals surface area contributed by atoms with Gasteiger partial charge in [0.15, 0.2) is 6.61 Å². The highest BCUT2D eigenvalue weighted by Crippen LogP contribution is 2.29. The van der Waals surface area contributed by atoms with Crippen LogP contribution in [0, 0.1) is 0 Å². The molecule has 2 heterocycles. The van der Waals surface area contributed by atoms with Crippen LogP contribution in [0.3, 0.4) is 0 Å². The molecule has 2 aromatic rings. The third-order valence-electron chi connectivity index (χ3n) is 3.87. The molecule has 0 radical (unpaired) electrons. The number of amides is 2. The van der Waals surface area contributed by atoms with E-state index in [-0.39, 0.29) is 18.9 Å². The van der Waals surface area contributed by atoms with E-state index >= 15 is 0 Å². The molecule has 0 unspecified atom stereocenters. The van der Waals surface area contributed by atoms with E-state index in [1.807, 2.05) is 12.3 Å². The van der Waals surface area contributed by atoms with Crippen molar-refractivity contribution in [2.75, 3.05) is 25.1 Å². The van der Waals surface area contributed by atoms with E-state index in [1.165, 1.54) is 22.7 Å². The zero-order chi connectivity index (χ0) is 21.9. The van der Waals surface area contributed by atoms with Gasteiger partial charge in [-0.15, -0.1) is 11.3 Å². The van der Waals surface area contributed by atoms with Crippen LogP contribution in [-0.2, 0) is 25.5 Å². The lowest BCUT2D eigenvalue weighted by Gasteiger charge is -2.07. The highest BCUT2D eigenvalue weighted by atomic mass is 32.1. The maximum atomic E-state index is 12.1. The molecule has 2 rings (SSSR count). The summed E-state index contributed by atoms with van der Waals surface area (Å²) in [5.41, 5.74) is 0.876. The number of aryl methyl sites for hydroxylation is 1. The molecule has 0 saturated carbocycles. The first-order valence-corrected chi connectivity index (χ1v) is 11.3. The Bertz CT molecular complexity index is 876. The average Bonchev–Trinajstić information content (AvgIpc) is 3.40. The van der Waals surface area contributed by atoms with E-state index in [1.54, 1.807) is 24.4 Å². The smallest absolute Gasteiger partial charge is 0.341 e. The molecule has 8 nitrogen and oxygen atoms in total. The number of anilines is 1. The maximum absolute atomic E-state index is 12.1. The molecule has 2 aromatic heterocycles.